The highest BCUT2D eigenvalue weighted by molar-refractivity contribution is 7.15. The molecule has 0 radical (unpaired) electrons. The second-order valence-electron chi connectivity index (χ2n) is 4.05. The molecule has 1 N–H and O–H groups in total. The zero-order valence-electron chi connectivity index (χ0n) is 10.4. The summed E-state index contributed by atoms with van der Waals surface area (Å²) < 4.78 is 0. The fourth-order valence-electron chi connectivity index (χ4n) is 1.79. The van der Waals surface area contributed by atoms with Crippen molar-refractivity contribution in [3.8, 4) is 21.1 Å². The Labute approximate surface area is 124 Å². The van der Waals surface area contributed by atoms with Crippen LogP contribution in [0.15, 0.2) is 42.0 Å². The predicted molar refractivity (Wildman–Crippen MR) is 81.6 cm³/mol. The topological polar surface area (TPSA) is 54.9 Å². The van der Waals surface area contributed by atoms with Crippen molar-refractivity contribution < 1.29 is 4.79 Å². The lowest BCUT2D eigenvalue weighted by molar-refractivity contribution is -0.109. The van der Waals surface area contributed by atoms with E-state index in [1.54, 1.807) is 35.1 Å². The van der Waals surface area contributed by atoms with Gasteiger partial charge in [-0.15, -0.1) is 22.7 Å². The molecule has 0 bridgehead atoms. The highest BCUT2D eigenvalue weighted by atomic mass is 32.1. The van der Waals surface area contributed by atoms with Crippen molar-refractivity contribution in [3.05, 3.63) is 46.9 Å². The Bertz CT molecular complexity index is 690. The van der Waals surface area contributed by atoms with E-state index in [0.29, 0.717) is 13.0 Å². The van der Waals surface area contributed by atoms with E-state index >= 15 is 0 Å². The van der Waals surface area contributed by atoms with Crippen LogP contribution in [-0.2, 0) is 11.3 Å². The van der Waals surface area contributed by atoms with Gasteiger partial charge in [0.15, 0.2) is 0 Å². The number of rotatable bonds is 5. The van der Waals surface area contributed by atoms with Gasteiger partial charge in [-0.2, -0.15) is 0 Å². The molecule has 20 heavy (non-hydrogen) atoms. The van der Waals surface area contributed by atoms with E-state index in [4.69, 9.17) is 0 Å². The standard InChI is InChI=1S/C14H11N3OS2/c18-9-15-7-12-8-17-14(20-12)11-3-1-10(2-4-11)13-16-5-6-19-13/h1-6,8-9H,7H2,(H,15,18). The molecule has 0 spiro atoms. The molecule has 2 aromatic heterocycles. The van der Waals surface area contributed by atoms with E-state index in [0.717, 1.165) is 26.0 Å². The lowest BCUT2D eigenvalue weighted by Crippen LogP contribution is -2.07. The first-order chi connectivity index (χ1) is 9.86. The first-order valence-corrected chi connectivity index (χ1v) is 7.68. The van der Waals surface area contributed by atoms with Gasteiger partial charge >= 0.3 is 0 Å². The second kappa shape index (κ2) is 5.94. The summed E-state index contributed by atoms with van der Waals surface area (Å²) in [6.45, 7) is 0.526. The van der Waals surface area contributed by atoms with Crippen molar-refractivity contribution in [1.29, 1.82) is 0 Å². The molecular weight excluding hydrogens is 290 g/mol. The molecule has 0 aliphatic rings. The van der Waals surface area contributed by atoms with Gasteiger partial charge in [-0.05, 0) is 0 Å². The van der Waals surface area contributed by atoms with Gasteiger partial charge in [-0.3, -0.25) is 4.79 Å². The van der Waals surface area contributed by atoms with Gasteiger partial charge < -0.3 is 5.32 Å². The minimum absolute atomic E-state index is 0.526. The SMILES string of the molecule is O=CNCc1cnc(-c2ccc(-c3nccs3)cc2)s1. The Kier molecular flexibility index (Phi) is 3.85. The zero-order chi connectivity index (χ0) is 13.8. The van der Waals surface area contributed by atoms with Crippen LogP contribution in [0.25, 0.3) is 21.1 Å². The number of hydrogen-bond donors (Lipinski definition) is 1. The molecule has 0 aliphatic heterocycles. The molecule has 0 unspecified atom stereocenters. The average molecular weight is 301 g/mol. The third kappa shape index (κ3) is 2.76. The van der Waals surface area contributed by atoms with Crippen LogP contribution in [0.3, 0.4) is 0 Å². The van der Waals surface area contributed by atoms with Crippen LogP contribution in [0, 0.1) is 0 Å². The van der Waals surface area contributed by atoms with Crippen molar-refractivity contribution >= 4 is 29.1 Å². The molecular formula is C14H11N3OS2. The van der Waals surface area contributed by atoms with Crippen LogP contribution in [0.4, 0.5) is 0 Å². The van der Waals surface area contributed by atoms with Crippen molar-refractivity contribution in [3.63, 3.8) is 0 Å². The number of carbonyl (C=O) groups excluding carboxylic acids is 1. The molecule has 6 heteroatoms. The number of carbonyl (C=O) groups is 1. The van der Waals surface area contributed by atoms with Gasteiger partial charge in [0.25, 0.3) is 0 Å². The first-order valence-electron chi connectivity index (χ1n) is 5.99. The smallest absolute Gasteiger partial charge is 0.207 e. The number of aromatic nitrogens is 2. The van der Waals surface area contributed by atoms with Gasteiger partial charge in [0, 0.05) is 33.8 Å². The molecule has 3 rings (SSSR count). The maximum atomic E-state index is 10.3. The van der Waals surface area contributed by atoms with Crippen LogP contribution < -0.4 is 5.32 Å². The summed E-state index contributed by atoms with van der Waals surface area (Å²) >= 11 is 3.21. The number of hydrogen-bond acceptors (Lipinski definition) is 5. The molecule has 4 nitrogen and oxygen atoms in total. The highest BCUT2D eigenvalue weighted by Crippen LogP contribution is 2.28. The predicted octanol–water partition coefficient (Wildman–Crippen LogP) is 3.18. The van der Waals surface area contributed by atoms with Gasteiger partial charge in [0.2, 0.25) is 6.41 Å². The molecule has 1 aromatic carbocycles. The Hall–Kier alpha value is -2.05. The molecule has 2 heterocycles. The summed E-state index contributed by atoms with van der Waals surface area (Å²) in [5.74, 6) is 0. The molecule has 100 valence electrons. The summed E-state index contributed by atoms with van der Waals surface area (Å²) in [5, 5.41) is 6.59. The van der Waals surface area contributed by atoms with E-state index in [2.05, 4.69) is 27.4 Å². The fourth-order valence-corrected chi connectivity index (χ4v) is 3.30. The lowest BCUT2D eigenvalue weighted by Gasteiger charge is -1.99. The molecule has 3 aromatic rings. The molecule has 0 saturated heterocycles. The van der Waals surface area contributed by atoms with Crippen molar-refractivity contribution in [1.82, 2.24) is 15.3 Å². The minimum atomic E-state index is 0.526. The largest absolute Gasteiger partial charge is 0.354 e. The van der Waals surface area contributed by atoms with Crippen LogP contribution in [0.1, 0.15) is 4.88 Å². The Balaban J connectivity index is 1.80. The Morgan fingerprint density at radius 2 is 1.85 bits per heavy atom. The van der Waals surface area contributed by atoms with Crippen LogP contribution in [0.2, 0.25) is 0 Å². The van der Waals surface area contributed by atoms with Crippen LogP contribution in [-0.4, -0.2) is 16.4 Å². The maximum Gasteiger partial charge on any atom is 0.207 e. The van der Waals surface area contributed by atoms with Crippen molar-refractivity contribution in [2.75, 3.05) is 0 Å². The summed E-state index contributed by atoms with van der Waals surface area (Å²) in [4.78, 5) is 20.0. The quantitative estimate of drug-likeness (QED) is 0.736. The third-order valence-electron chi connectivity index (χ3n) is 2.72. The van der Waals surface area contributed by atoms with Gasteiger partial charge in [-0.1, -0.05) is 24.3 Å². The summed E-state index contributed by atoms with van der Waals surface area (Å²) in [7, 11) is 0. The number of nitrogens with zero attached hydrogens (tertiary/aromatic N) is 2. The van der Waals surface area contributed by atoms with E-state index < -0.39 is 0 Å². The van der Waals surface area contributed by atoms with Gasteiger partial charge in [-0.25, -0.2) is 9.97 Å². The molecule has 1 amide bonds. The van der Waals surface area contributed by atoms with E-state index in [1.165, 1.54) is 0 Å². The van der Waals surface area contributed by atoms with Crippen LogP contribution >= 0.6 is 22.7 Å². The van der Waals surface area contributed by atoms with E-state index in [-0.39, 0.29) is 0 Å². The first kappa shape index (κ1) is 13.0. The number of nitrogens with one attached hydrogen (secondary N) is 1. The lowest BCUT2D eigenvalue weighted by atomic mass is 10.1. The van der Waals surface area contributed by atoms with E-state index in [1.807, 2.05) is 17.5 Å². The Morgan fingerprint density at radius 3 is 2.50 bits per heavy atom. The Morgan fingerprint density at radius 1 is 1.10 bits per heavy atom. The monoisotopic (exact) mass is 301 g/mol. The van der Waals surface area contributed by atoms with Gasteiger partial charge in [0.1, 0.15) is 10.0 Å². The maximum absolute atomic E-state index is 10.3. The van der Waals surface area contributed by atoms with Crippen molar-refractivity contribution in [2.24, 2.45) is 0 Å². The molecule has 0 aliphatic carbocycles. The zero-order valence-corrected chi connectivity index (χ0v) is 12.1. The normalized spacial score (nSPS) is 10.4. The summed E-state index contributed by atoms with van der Waals surface area (Å²) in [5.41, 5.74) is 2.19. The summed E-state index contributed by atoms with van der Waals surface area (Å²) in [6, 6.07) is 8.21. The number of benzene rings is 1. The number of thiazole rings is 2. The molecule has 0 atom stereocenters. The average Bonchev–Trinajstić information content (AvgIpc) is 3.17. The van der Waals surface area contributed by atoms with Crippen molar-refractivity contribution in [2.45, 2.75) is 6.54 Å². The second-order valence-corrected chi connectivity index (χ2v) is 6.05. The fraction of sp³-hybridized carbons (Fsp3) is 0.0714. The molecule has 0 saturated carbocycles. The highest BCUT2D eigenvalue weighted by Gasteiger charge is 2.06. The minimum Gasteiger partial charge on any atom is -0.354 e. The van der Waals surface area contributed by atoms with E-state index in [9.17, 15) is 4.79 Å². The third-order valence-corrected chi connectivity index (χ3v) is 4.59. The van der Waals surface area contributed by atoms with Gasteiger partial charge in [0.05, 0.1) is 6.54 Å². The molecule has 0 fully saturated rings. The number of amides is 1. The van der Waals surface area contributed by atoms with Crippen LogP contribution in [0.5, 0.6) is 0 Å². The summed E-state index contributed by atoms with van der Waals surface area (Å²) in [6.07, 6.45) is 4.30.